The molecule has 1 atom stereocenters. The molecule has 0 spiro atoms. The molecule has 0 radical (unpaired) electrons. The number of thiophene rings is 1. The Bertz CT molecular complexity index is 741. The number of hydrogen-bond donors (Lipinski definition) is 2. The summed E-state index contributed by atoms with van der Waals surface area (Å²) < 4.78 is 0. The van der Waals surface area contributed by atoms with Crippen molar-refractivity contribution < 1.29 is 9.59 Å². The quantitative estimate of drug-likeness (QED) is 0.786. The summed E-state index contributed by atoms with van der Waals surface area (Å²) in [6.07, 6.45) is 1.06. The minimum atomic E-state index is -0.303. The second-order valence-corrected chi connectivity index (χ2v) is 7.93. The van der Waals surface area contributed by atoms with E-state index in [1.165, 1.54) is 10.5 Å². The molecule has 0 aliphatic carbocycles. The molecule has 2 aromatic rings. The van der Waals surface area contributed by atoms with Crippen LogP contribution in [0.1, 0.15) is 35.9 Å². The number of benzene rings is 1. The fraction of sp³-hybridized carbons (Fsp3) is 0.400. The van der Waals surface area contributed by atoms with Gasteiger partial charge in [0.15, 0.2) is 0 Å². The average Bonchev–Trinajstić information content (AvgIpc) is 3.27. The van der Waals surface area contributed by atoms with Gasteiger partial charge in [0.1, 0.15) is 0 Å². The van der Waals surface area contributed by atoms with E-state index in [0.717, 1.165) is 16.9 Å². The Morgan fingerprint density at radius 3 is 2.62 bits per heavy atom. The molecule has 138 valence electrons. The highest BCUT2D eigenvalue weighted by Gasteiger charge is 2.26. The maximum absolute atomic E-state index is 12.3. The van der Waals surface area contributed by atoms with E-state index in [1.54, 1.807) is 11.3 Å². The number of nitrogens with one attached hydrogen (secondary N) is 2. The molecule has 2 heterocycles. The van der Waals surface area contributed by atoms with Crippen LogP contribution in [0.3, 0.4) is 0 Å². The summed E-state index contributed by atoms with van der Waals surface area (Å²) >= 11 is 1.66. The normalized spacial score (nSPS) is 15.3. The summed E-state index contributed by atoms with van der Waals surface area (Å²) in [7, 11) is 0. The maximum Gasteiger partial charge on any atom is 0.324 e. The number of rotatable bonds is 7. The predicted octanol–water partition coefficient (Wildman–Crippen LogP) is 3.18. The van der Waals surface area contributed by atoms with Crippen molar-refractivity contribution >= 4 is 23.3 Å². The summed E-state index contributed by atoms with van der Waals surface area (Å²) in [5.74, 6) is 0.425. The molecule has 1 saturated heterocycles. The minimum Gasteiger partial charge on any atom is -0.336 e. The molecule has 0 unspecified atom stereocenters. The van der Waals surface area contributed by atoms with E-state index in [-0.39, 0.29) is 24.5 Å². The largest absolute Gasteiger partial charge is 0.336 e. The van der Waals surface area contributed by atoms with Crippen LogP contribution in [-0.4, -0.2) is 36.5 Å². The topological polar surface area (TPSA) is 61.4 Å². The van der Waals surface area contributed by atoms with Crippen molar-refractivity contribution in [3.8, 4) is 0 Å². The van der Waals surface area contributed by atoms with Crippen LogP contribution in [0, 0.1) is 5.92 Å². The third-order valence-electron chi connectivity index (χ3n) is 4.40. The van der Waals surface area contributed by atoms with Gasteiger partial charge in [-0.25, -0.2) is 4.79 Å². The average molecular weight is 372 g/mol. The molecular weight excluding hydrogens is 346 g/mol. The first kappa shape index (κ1) is 18.6. The molecule has 1 aliphatic heterocycles. The van der Waals surface area contributed by atoms with E-state index in [1.807, 2.05) is 11.4 Å². The Labute approximate surface area is 158 Å². The summed E-state index contributed by atoms with van der Waals surface area (Å²) in [5, 5.41) is 8.03. The van der Waals surface area contributed by atoms with E-state index in [2.05, 4.69) is 54.8 Å². The van der Waals surface area contributed by atoms with Crippen LogP contribution < -0.4 is 10.6 Å². The van der Waals surface area contributed by atoms with E-state index >= 15 is 0 Å². The van der Waals surface area contributed by atoms with E-state index < -0.39 is 0 Å². The van der Waals surface area contributed by atoms with Gasteiger partial charge in [-0.1, -0.05) is 44.2 Å². The number of amides is 3. The lowest BCUT2D eigenvalue weighted by Gasteiger charge is -2.20. The molecule has 5 nitrogen and oxygen atoms in total. The number of hydrogen-bond acceptors (Lipinski definition) is 4. The number of nitrogens with zero attached hydrogens (tertiary/aromatic N) is 1. The van der Waals surface area contributed by atoms with Crippen molar-refractivity contribution in [2.24, 2.45) is 5.92 Å². The Balaban J connectivity index is 1.71. The van der Waals surface area contributed by atoms with Gasteiger partial charge >= 0.3 is 6.03 Å². The minimum absolute atomic E-state index is 0.0577. The first-order valence-electron chi connectivity index (χ1n) is 8.98. The molecule has 3 amide bonds. The van der Waals surface area contributed by atoms with Crippen LogP contribution in [0.4, 0.5) is 4.79 Å². The first-order chi connectivity index (χ1) is 12.5. The van der Waals surface area contributed by atoms with Gasteiger partial charge < -0.3 is 5.32 Å². The monoisotopic (exact) mass is 371 g/mol. The zero-order valence-electron chi connectivity index (χ0n) is 15.2. The van der Waals surface area contributed by atoms with Crippen molar-refractivity contribution in [1.82, 2.24) is 15.5 Å². The van der Waals surface area contributed by atoms with Gasteiger partial charge in [-0.3, -0.25) is 15.0 Å². The summed E-state index contributed by atoms with van der Waals surface area (Å²) in [4.78, 5) is 26.4. The zero-order valence-corrected chi connectivity index (χ0v) is 16.0. The second kappa shape index (κ2) is 8.47. The van der Waals surface area contributed by atoms with Crippen LogP contribution in [0.15, 0.2) is 41.8 Å². The third kappa shape index (κ3) is 4.51. The van der Waals surface area contributed by atoms with Gasteiger partial charge in [-0.15, -0.1) is 11.3 Å². The fourth-order valence-electron chi connectivity index (χ4n) is 3.15. The summed E-state index contributed by atoms with van der Waals surface area (Å²) in [6, 6.07) is 12.3. The smallest absolute Gasteiger partial charge is 0.324 e. The molecule has 26 heavy (non-hydrogen) atoms. The van der Waals surface area contributed by atoms with Gasteiger partial charge in [0.2, 0.25) is 5.91 Å². The number of carbonyl (C=O) groups is 2. The first-order valence-corrected chi connectivity index (χ1v) is 9.86. The van der Waals surface area contributed by atoms with Crippen LogP contribution in [0.5, 0.6) is 0 Å². The summed E-state index contributed by atoms with van der Waals surface area (Å²) in [5.41, 5.74) is 2.44. The van der Waals surface area contributed by atoms with Crippen LogP contribution in [0.25, 0.3) is 0 Å². The highest BCUT2D eigenvalue weighted by Crippen LogP contribution is 2.26. The second-order valence-electron chi connectivity index (χ2n) is 6.95. The highest BCUT2D eigenvalue weighted by atomic mass is 32.1. The van der Waals surface area contributed by atoms with Gasteiger partial charge in [0.05, 0.1) is 12.6 Å². The van der Waals surface area contributed by atoms with Crippen molar-refractivity contribution in [3.63, 3.8) is 0 Å². The molecule has 1 aromatic heterocycles. The number of urea groups is 1. The van der Waals surface area contributed by atoms with Crippen molar-refractivity contribution in [3.05, 3.63) is 57.8 Å². The summed E-state index contributed by atoms with van der Waals surface area (Å²) in [6.45, 7) is 5.51. The lowest BCUT2D eigenvalue weighted by Crippen LogP contribution is -2.41. The molecule has 1 aliphatic rings. The van der Waals surface area contributed by atoms with Crippen molar-refractivity contribution in [2.75, 3.05) is 19.6 Å². The maximum atomic E-state index is 12.3. The SMILES string of the molecule is CC(C)Cc1ccc([C@@H](NCC(=O)N2CCNC2=O)c2cccs2)cc1. The molecule has 0 bridgehead atoms. The lowest BCUT2D eigenvalue weighted by atomic mass is 9.99. The standard InChI is InChI=1S/C20H25N3O2S/c1-14(2)12-15-5-7-16(8-6-15)19(17-4-3-11-26-17)22-13-18(24)23-10-9-21-20(23)25/h3-8,11,14,19,22H,9-10,12-13H2,1-2H3,(H,21,25)/t19-/m1/s1. The molecule has 3 rings (SSSR count). The molecule has 1 fully saturated rings. The van der Waals surface area contributed by atoms with Crippen molar-refractivity contribution in [2.45, 2.75) is 26.3 Å². The zero-order chi connectivity index (χ0) is 18.5. The molecule has 6 heteroatoms. The number of carbonyl (C=O) groups excluding carboxylic acids is 2. The molecular formula is C20H25N3O2S. The van der Waals surface area contributed by atoms with Crippen LogP contribution in [0.2, 0.25) is 0 Å². The van der Waals surface area contributed by atoms with Gasteiger partial charge in [0.25, 0.3) is 0 Å². The Morgan fingerprint density at radius 2 is 2.04 bits per heavy atom. The third-order valence-corrected chi connectivity index (χ3v) is 5.34. The molecule has 1 aromatic carbocycles. The van der Waals surface area contributed by atoms with Crippen LogP contribution in [-0.2, 0) is 11.2 Å². The Kier molecular flexibility index (Phi) is 6.06. The predicted molar refractivity (Wildman–Crippen MR) is 104 cm³/mol. The molecule has 2 N–H and O–H groups in total. The van der Waals surface area contributed by atoms with Gasteiger partial charge in [-0.05, 0) is 34.9 Å². The fourth-order valence-corrected chi connectivity index (χ4v) is 3.98. The Hall–Kier alpha value is -2.18. The van der Waals surface area contributed by atoms with Gasteiger partial charge in [-0.2, -0.15) is 0 Å². The van der Waals surface area contributed by atoms with Gasteiger partial charge in [0, 0.05) is 18.0 Å². The Morgan fingerprint density at radius 1 is 1.27 bits per heavy atom. The van der Waals surface area contributed by atoms with Crippen LogP contribution >= 0.6 is 11.3 Å². The van der Waals surface area contributed by atoms with E-state index in [9.17, 15) is 9.59 Å². The number of imide groups is 1. The van der Waals surface area contributed by atoms with Crippen molar-refractivity contribution in [1.29, 1.82) is 0 Å². The lowest BCUT2D eigenvalue weighted by molar-refractivity contribution is -0.126. The highest BCUT2D eigenvalue weighted by molar-refractivity contribution is 7.10. The molecule has 0 saturated carbocycles. The van der Waals surface area contributed by atoms with E-state index in [0.29, 0.717) is 19.0 Å². The van der Waals surface area contributed by atoms with E-state index in [4.69, 9.17) is 0 Å².